The number of anilines is 1. The number of nitrogens with two attached hydrogens (primary N) is 1. The lowest BCUT2D eigenvalue weighted by Crippen LogP contribution is -2.24. The number of nitrogens with one attached hydrogen (secondary N) is 2. The predicted octanol–water partition coefficient (Wildman–Crippen LogP) is 1.31. The van der Waals surface area contributed by atoms with E-state index in [1.54, 1.807) is 19.4 Å². The van der Waals surface area contributed by atoms with Crippen LogP contribution in [0.25, 0.3) is 0 Å². The first-order valence-corrected chi connectivity index (χ1v) is 6.06. The van der Waals surface area contributed by atoms with E-state index in [1.165, 1.54) is 6.20 Å². The van der Waals surface area contributed by atoms with E-state index < -0.39 is 0 Å². The van der Waals surface area contributed by atoms with E-state index in [9.17, 15) is 4.79 Å². The van der Waals surface area contributed by atoms with Gasteiger partial charge in [0.25, 0.3) is 5.91 Å². The molecule has 2 aromatic rings. The number of carbonyl (C=O) groups excluding carboxylic acids is 1. The molecule has 0 spiro atoms. The standard InChI is InChI=1S/C14H16N4O2/c1-20-11-4-2-3-10(7-11)8-17-14(19)12-5-6-16-9-13(12)18-15/h2-7,9,18H,8,15H2,1H3,(H,17,19). The fraction of sp³-hybridized carbons (Fsp3) is 0.143. The summed E-state index contributed by atoms with van der Waals surface area (Å²) in [4.78, 5) is 16.0. The van der Waals surface area contributed by atoms with Gasteiger partial charge in [-0.2, -0.15) is 0 Å². The van der Waals surface area contributed by atoms with E-state index in [1.807, 2.05) is 24.3 Å². The molecule has 0 aliphatic carbocycles. The minimum Gasteiger partial charge on any atom is -0.497 e. The number of pyridine rings is 1. The maximum absolute atomic E-state index is 12.1. The molecule has 2 rings (SSSR count). The van der Waals surface area contributed by atoms with Gasteiger partial charge in [-0.25, -0.2) is 0 Å². The zero-order chi connectivity index (χ0) is 14.4. The molecular weight excluding hydrogens is 256 g/mol. The molecule has 0 atom stereocenters. The number of aromatic nitrogens is 1. The van der Waals surface area contributed by atoms with Crippen LogP contribution in [0.4, 0.5) is 5.69 Å². The molecule has 6 heteroatoms. The van der Waals surface area contributed by atoms with Crippen molar-refractivity contribution in [3.05, 3.63) is 53.9 Å². The van der Waals surface area contributed by atoms with Gasteiger partial charge in [-0.05, 0) is 23.8 Å². The molecule has 0 saturated heterocycles. The van der Waals surface area contributed by atoms with Crippen LogP contribution in [0.3, 0.4) is 0 Å². The fourth-order valence-corrected chi connectivity index (χ4v) is 1.77. The van der Waals surface area contributed by atoms with E-state index in [0.29, 0.717) is 17.8 Å². The van der Waals surface area contributed by atoms with Gasteiger partial charge in [0.2, 0.25) is 0 Å². The second kappa shape index (κ2) is 6.53. The first kappa shape index (κ1) is 13.8. The third kappa shape index (κ3) is 3.24. The molecule has 20 heavy (non-hydrogen) atoms. The molecule has 1 aromatic carbocycles. The Morgan fingerprint density at radius 3 is 3.00 bits per heavy atom. The van der Waals surface area contributed by atoms with Crippen molar-refractivity contribution in [2.75, 3.05) is 12.5 Å². The van der Waals surface area contributed by atoms with Gasteiger partial charge in [-0.3, -0.25) is 15.6 Å². The predicted molar refractivity (Wildman–Crippen MR) is 76.2 cm³/mol. The molecule has 1 amide bonds. The minimum absolute atomic E-state index is 0.219. The number of benzene rings is 1. The van der Waals surface area contributed by atoms with Gasteiger partial charge in [0.05, 0.1) is 24.6 Å². The third-order valence-electron chi connectivity index (χ3n) is 2.81. The van der Waals surface area contributed by atoms with Crippen LogP contribution in [0.2, 0.25) is 0 Å². The highest BCUT2D eigenvalue weighted by Gasteiger charge is 2.10. The van der Waals surface area contributed by atoms with Crippen molar-refractivity contribution < 1.29 is 9.53 Å². The fourth-order valence-electron chi connectivity index (χ4n) is 1.77. The molecule has 0 aliphatic rings. The highest BCUT2D eigenvalue weighted by Crippen LogP contribution is 2.14. The number of ether oxygens (including phenoxy) is 1. The number of hydrogen-bond acceptors (Lipinski definition) is 5. The van der Waals surface area contributed by atoms with Crippen molar-refractivity contribution in [2.24, 2.45) is 5.84 Å². The van der Waals surface area contributed by atoms with Gasteiger partial charge in [0, 0.05) is 12.7 Å². The van der Waals surface area contributed by atoms with Crippen LogP contribution >= 0.6 is 0 Å². The lowest BCUT2D eigenvalue weighted by Gasteiger charge is -2.09. The second-order valence-corrected chi connectivity index (χ2v) is 4.10. The second-order valence-electron chi connectivity index (χ2n) is 4.10. The summed E-state index contributed by atoms with van der Waals surface area (Å²) in [6, 6.07) is 9.12. The molecular formula is C14H16N4O2. The summed E-state index contributed by atoms with van der Waals surface area (Å²) in [5, 5.41) is 2.82. The Morgan fingerprint density at radius 1 is 1.40 bits per heavy atom. The lowest BCUT2D eigenvalue weighted by molar-refractivity contribution is 0.0951. The number of nitrogens with zero attached hydrogens (tertiary/aromatic N) is 1. The van der Waals surface area contributed by atoms with Crippen molar-refractivity contribution in [3.8, 4) is 5.75 Å². The molecule has 6 nitrogen and oxygen atoms in total. The van der Waals surface area contributed by atoms with Crippen LogP contribution < -0.4 is 21.3 Å². The molecule has 0 unspecified atom stereocenters. The van der Waals surface area contributed by atoms with Gasteiger partial charge in [-0.15, -0.1) is 0 Å². The van der Waals surface area contributed by atoms with Gasteiger partial charge in [0.15, 0.2) is 0 Å². The van der Waals surface area contributed by atoms with Gasteiger partial charge >= 0.3 is 0 Å². The normalized spacial score (nSPS) is 9.90. The average Bonchev–Trinajstić information content (AvgIpc) is 2.52. The Hall–Kier alpha value is -2.60. The van der Waals surface area contributed by atoms with Crippen LogP contribution in [0, 0.1) is 0 Å². The molecule has 1 aromatic heterocycles. The highest BCUT2D eigenvalue weighted by atomic mass is 16.5. The van der Waals surface area contributed by atoms with Crippen molar-refractivity contribution in [2.45, 2.75) is 6.54 Å². The molecule has 0 aliphatic heterocycles. The molecule has 1 heterocycles. The zero-order valence-electron chi connectivity index (χ0n) is 11.1. The van der Waals surface area contributed by atoms with Crippen molar-refractivity contribution in [1.29, 1.82) is 0 Å². The summed E-state index contributed by atoms with van der Waals surface area (Å²) in [5.41, 5.74) is 4.33. The van der Waals surface area contributed by atoms with Gasteiger partial charge < -0.3 is 15.5 Å². The SMILES string of the molecule is COc1cccc(CNC(=O)c2ccncc2NN)c1. The number of amides is 1. The Bertz CT molecular complexity index is 601. The number of hydrazine groups is 1. The Balaban J connectivity index is 2.04. The molecule has 0 fully saturated rings. The first-order chi connectivity index (χ1) is 9.74. The van der Waals surface area contributed by atoms with Crippen molar-refractivity contribution in [3.63, 3.8) is 0 Å². The van der Waals surface area contributed by atoms with E-state index >= 15 is 0 Å². The van der Waals surface area contributed by atoms with Crippen LogP contribution in [0.1, 0.15) is 15.9 Å². The smallest absolute Gasteiger partial charge is 0.253 e. The number of nitrogen functional groups attached to an aromatic ring is 1. The van der Waals surface area contributed by atoms with E-state index in [-0.39, 0.29) is 5.91 Å². The number of hydrogen-bond donors (Lipinski definition) is 3. The Labute approximate surface area is 116 Å². The summed E-state index contributed by atoms with van der Waals surface area (Å²) in [5.74, 6) is 5.88. The molecule has 0 bridgehead atoms. The van der Waals surface area contributed by atoms with Crippen LogP contribution in [-0.4, -0.2) is 18.0 Å². The lowest BCUT2D eigenvalue weighted by atomic mass is 10.2. The molecule has 0 radical (unpaired) electrons. The zero-order valence-corrected chi connectivity index (χ0v) is 11.1. The number of methoxy groups -OCH3 is 1. The van der Waals surface area contributed by atoms with E-state index in [2.05, 4.69) is 15.7 Å². The van der Waals surface area contributed by atoms with E-state index in [4.69, 9.17) is 10.6 Å². The Morgan fingerprint density at radius 2 is 2.25 bits per heavy atom. The largest absolute Gasteiger partial charge is 0.497 e. The summed E-state index contributed by atoms with van der Waals surface area (Å²) in [6.07, 6.45) is 3.04. The Kier molecular flexibility index (Phi) is 4.52. The summed E-state index contributed by atoms with van der Waals surface area (Å²) >= 11 is 0. The highest BCUT2D eigenvalue weighted by molar-refractivity contribution is 5.99. The third-order valence-corrected chi connectivity index (χ3v) is 2.81. The van der Waals surface area contributed by atoms with Crippen molar-refractivity contribution in [1.82, 2.24) is 10.3 Å². The quantitative estimate of drug-likeness (QED) is 0.564. The number of rotatable bonds is 5. The number of carbonyl (C=O) groups is 1. The van der Waals surface area contributed by atoms with Gasteiger partial charge in [-0.1, -0.05) is 12.1 Å². The molecule has 4 N–H and O–H groups in total. The summed E-state index contributed by atoms with van der Waals surface area (Å²) < 4.78 is 5.14. The minimum atomic E-state index is -0.219. The van der Waals surface area contributed by atoms with Crippen LogP contribution in [0.15, 0.2) is 42.7 Å². The van der Waals surface area contributed by atoms with Gasteiger partial charge in [0.1, 0.15) is 5.75 Å². The van der Waals surface area contributed by atoms with E-state index in [0.717, 1.165) is 11.3 Å². The topological polar surface area (TPSA) is 89.3 Å². The average molecular weight is 272 g/mol. The molecule has 0 saturated carbocycles. The first-order valence-electron chi connectivity index (χ1n) is 6.06. The van der Waals surface area contributed by atoms with Crippen LogP contribution in [-0.2, 0) is 6.54 Å². The summed E-state index contributed by atoms with van der Waals surface area (Å²) in [6.45, 7) is 0.405. The molecule has 104 valence electrons. The maximum Gasteiger partial charge on any atom is 0.253 e. The maximum atomic E-state index is 12.1. The van der Waals surface area contributed by atoms with Crippen molar-refractivity contribution >= 4 is 11.6 Å². The summed E-state index contributed by atoms with van der Waals surface area (Å²) in [7, 11) is 1.61. The van der Waals surface area contributed by atoms with Crippen LogP contribution in [0.5, 0.6) is 5.75 Å². The monoisotopic (exact) mass is 272 g/mol.